The Bertz CT molecular complexity index is 1070. The van der Waals surface area contributed by atoms with Gasteiger partial charge in [0.25, 0.3) is 5.91 Å². The molecule has 1 N–H and O–H groups in total. The maximum Gasteiger partial charge on any atom is 0.253 e. The monoisotopic (exact) mass is 461 g/mol. The molecule has 0 aliphatic carbocycles. The zero-order chi connectivity index (χ0) is 24.7. The highest BCUT2D eigenvalue weighted by Gasteiger charge is 2.22. The van der Waals surface area contributed by atoms with Crippen molar-refractivity contribution in [2.45, 2.75) is 79.0 Å². The summed E-state index contributed by atoms with van der Waals surface area (Å²) in [6.45, 7) is 14.6. The first-order valence-electron chi connectivity index (χ1n) is 12.4. The summed E-state index contributed by atoms with van der Waals surface area (Å²) in [5, 5.41) is 3.16. The number of benzene rings is 1. The molecule has 1 aromatic carbocycles. The van der Waals surface area contributed by atoms with Gasteiger partial charge in [-0.05, 0) is 54.5 Å². The lowest BCUT2D eigenvalue weighted by Gasteiger charge is -2.18. The van der Waals surface area contributed by atoms with Gasteiger partial charge in [0.15, 0.2) is 0 Å². The molecule has 3 aromatic rings. The molecule has 0 saturated carbocycles. The minimum absolute atomic E-state index is 0.0328. The molecule has 34 heavy (non-hydrogen) atoms. The molecule has 0 bridgehead atoms. The molecule has 0 saturated heterocycles. The summed E-state index contributed by atoms with van der Waals surface area (Å²) in [6.07, 6.45) is 4.60. The van der Waals surface area contributed by atoms with Crippen molar-refractivity contribution in [3.63, 3.8) is 0 Å². The average Bonchev–Trinajstić information content (AvgIpc) is 3.16. The van der Waals surface area contributed by atoms with Gasteiger partial charge in [0.1, 0.15) is 0 Å². The molecule has 2 heterocycles. The summed E-state index contributed by atoms with van der Waals surface area (Å²) in [5.74, 6) is 0.622. The highest BCUT2D eigenvalue weighted by atomic mass is 16.5. The Morgan fingerprint density at radius 2 is 1.76 bits per heavy atom. The quantitative estimate of drug-likeness (QED) is 0.377. The van der Waals surface area contributed by atoms with Crippen LogP contribution in [0.2, 0.25) is 0 Å². The fraction of sp³-hybridized carbons (Fsp3) is 0.448. The van der Waals surface area contributed by atoms with E-state index in [4.69, 9.17) is 4.74 Å². The molecule has 0 spiro atoms. The lowest BCUT2D eigenvalue weighted by molar-refractivity contribution is 0.0804. The van der Waals surface area contributed by atoms with E-state index in [0.29, 0.717) is 25.6 Å². The lowest BCUT2D eigenvalue weighted by Crippen LogP contribution is -2.24. The van der Waals surface area contributed by atoms with Crippen molar-refractivity contribution in [3.8, 4) is 0 Å². The molecule has 1 amide bonds. The third-order valence-corrected chi connectivity index (χ3v) is 5.96. The maximum absolute atomic E-state index is 13.4. The Labute approximate surface area is 204 Å². The van der Waals surface area contributed by atoms with Gasteiger partial charge in [-0.25, -0.2) is 0 Å². The maximum atomic E-state index is 13.4. The number of amides is 1. The van der Waals surface area contributed by atoms with E-state index in [2.05, 4.69) is 79.0 Å². The van der Waals surface area contributed by atoms with Gasteiger partial charge >= 0.3 is 0 Å². The Morgan fingerprint density at radius 1 is 1.00 bits per heavy atom. The molecule has 0 atom stereocenters. The van der Waals surface area contributed by atoms with Gasteiger partial charge in [-0.2, -0.15) is 0 Å². The van der Waals surface area contributed by atoms with Crippen molar-refractivity contribution in [1.29, 1.82) is 0 Å². The van der Waals surface area contributed by atoms with E-state index < -0.39 is 0 Å². The normalized spacial score (nSPS) is 11.6. The van der Waals surface area contributed by atoms with E-state index in [9.17, 15) is 4.79 Å². The van der Waals surface area contributed by atoms with Crippen molar-refractivity contribution < 1.29 is 9.53 Å². The van der Waals surface area contributed by atoms with Crippen LogP contribution >= 0.6 is 0 Å². The predicted octanol–water partition coefficient (Wildman–Crippen LogP) is 6.08. The molecule has 182 valence electrons. The highest BCUT2D eigenvalue weighted by molar-refractivity contribution is 5.96. The molecule has 3 rings (SSSR count). The summed E-state index contributed by atoms with van der Waals surface area (Å²) in [5.41, 5.74) is 6.43. The molecule has 5 nitrogen and oxygen atoms in total. The van der Waals surface area contributed by atoms with E-state index in [1.54, 1.807) is 6.20 Å². The van der Waals surface area contributed by atoms with E-state index in [0.717, 1.165) is 34.5 Å². The third kappa shape index (κ3) is 6.80. The molecule has 0 aliphatic heterocycles. The lowest BCUT2D eigenvalue weighted by atomic mass is 10.0. The molecular formula is C29H39N3O2. The van der Waals surface area contributed by atoms with Crippen LogP contribution in [0.4, 0.5) is 0 Å². The van der Waals surface area contributed by atoms with Gasteiger partial charge < -0.3 is 14.6 Å². The SMILES string of the molecule is CC(C)OCCc1cc(C(=O)NCc2cccc(C(C)C)c2)c(C(C)C)n1Cc1cccnc1. The first-order valence-corrected chi connectivity index (χ1v) is 12.4. The highest BCUT2D eigenvalue weighted by Crippen LogP contribution is 2.26. The Hall–Kier alpha value is -2.92. The van der Waals surface area contributed by atoms with Crippen molar-refractivity contribution in [2.24, 2.45) is 0 Å². The number of carbonyl (C=O) groups excluding carboxylic acids is 1. The zero-order valence-corrected chi connectivity index (χ0v) is 21.5. The first-order chi connectivity index (χ1) is 16.3. The topological polar surface area (TPSA) is 56.1 Å². The standard InChI is InChI=1S/C29H39N3O2/c1-20(2)25-11-7-9-23(15-25)18-31-29(33)27-16-26(12-14-34-22(5)6)32(28(27)21(3)4)19-24-10-8-13-30-17-24/h7-11,13,15-17,20-22H,12,14,18-19H2,1-6H3,(H,31,33). The Kier molecular flexibility index (Phi) is 9.05. The number of hydrogen-bond donors (Lipinski definition) is 1. The number of rotatable bonds is 11. The fourth-order valence-electron chi connectivity index (χ4n) is 4.23. The van der Waals surface area contributed by atoms with E-state index in [-0.39, 0.29) is 17.9 Å². The number of carbonyl (C=O) groups is 1. The fourth-order valence-corrected chi connectivity index (χ4v) is 4.23. The van der Waals surface area contributed by atoms with Gasteiger partial charge in [0.05, 0.1) is 18.3 Å². The zero-order valence-electron chi connectivity index (χ0n) is 21.5. The van der Waals surface area contributed by atoms with Gasteiger partial charge in [-0.1, -0.05) is 58.0 Å². The summed E-state index contributed by atoms with van der Waals surface area (Å²) >= 11 is 0. The molecule has 0 radical (unpaired) electrons. The average molecular weight is 462 g/mol. The predicted molar refractivity (Wildman–Crippen MR) is 138 cm³/mol. The molecule has 5 heteroatoms. The number of hydrogen-bond acceptors (Lipinski definition) is 3. The summed E-state index contributed by atoms with van der Waals surface area (Å²) in [6, 6.07) is 14.5. The minimum Gasteiger partial charge on any atom is -0.378 e. The van der Waals surface area contributed by atoms with Crippen LogP contribution in [0.5, 0.6) is 0 Å². The minimum atomic E-state index is -0.0328. The number of pyridine rings is 1. The second kappa shape index (κ2) is 12.0. The molecule has 0 fully saturated rings. The van der Waals surface area contributed by atoms with E-state index in [1.165, 1.54) is 5.56 Å². The van der Waals surface area contributed by atoms with Crippen LogP contribution in [0, 0.1) is 0 Å². The Balaban J connectivity index is 1.88. The van der Waals surface area contributed by atoms with Crippen molar-refractivity contribution in [1.82, 2.24) is 14.9 Å². The number of nitrogens with zero attached hydrogens (tertiary/aromatic N) is 2. The van der Waals surface area contributed by atoms with Crippen molar-refractivity contribution in [3.05, 3.63) is 88.5 Å². The van der Waals surface area contributed by atoms with Gasteiger partial charge in [0.2, 0.25) is 0 Å². The molecular weight excluding hydrogens is 422 g/mol. The van der Waals surface area contributed by atoms with Gasteiger partial charge in [0, 0.05) is 43.3 Å². The number of aromatic nitrogens is 2. The third-order valence-electron chi connectivity index (χ3n) is 5.96. The van der Waals surface area contributed by atoms with E-state index in [1.807, 2.05) is 26.1 Å². The second-order valence-corrected chi connectivity index (χ2v) is 9.79. The number of nitrogens with one attached hydrogen (secondary N) is 1. The molecule has 0 unspecified atom stereocenters. The number of ether oxygens (including phenoxy) is 1. The van der Waals surface area contributed by atoms with Crippen LogP contribution in [0.3, 0.4) is 0 Å². The van der Waals surface area contributed by atoms with Crippen LogP contribution in [0.1, 0.15) is 91.8 Å². The second-order valence-electron chi connectivity index (χ2n) is 9.79. The van der Waals surface area contributed by atoms with Crippen molar-refractivity contribution in [2.75, 3.05) is 6.61 Å². The molecule has 0 aliphatic rings. The smallest absolute Gasteiger partial charge is 0.253 e. The van der Waals surface area contributed by atoms with Crippen LogP contribution in [0.15, 0.2) is 54.9 Å². The van der Waals surface area contributed by atoms with Crippen LogP contribution < -0.4 is 5.32 Å². The van der Waals surface area contributed by atoms with Crippen molar-refractivity contribution >= 4 is 5.91 Å². The van der Waals surface area contributed by atoms with Gasteiger partial charge in [-0.15, -0.1) is 0 Å². The Morgan fingerprint density at radius 3 is 2.41 bits per heavy atom. The van der Waals surface area contributed by atoms with Crippen LogP contribution in [-0.2, 0) is 24.2 Å². The molecule has 2 aromatic heterocycles. The largest absolute Gasteiger partial charge is 0.378 e. The van der Waals surface area contributed by atoms with E-state index >= 15 is 0 Å². The van der Waals surface area contributed by atoms with Crippen LogP contribution in [0.25, 0.3) is 0 Å². The first kappa shape index (κ1) is 25.7. The summed E-state index contributed by atoms with van der Waals surface area (Å²) in [7, 11) is 0. The van der Waals surface area contributed by atoms with Crippen LogP contribution in [-0.4, -0.2) is 28.2 Å². The summed E-state index contributed by atoms with van der Waals surface area (Å²) < 4.78 is 8.11. The summed E-state index contributed by atoms with van der Waals surface area (Å²) in [4.78, 5) is 17.7. The van der Waals surface area contributed by atoms with Gasteiger partial charge in [-0.3, -0.25) is 9.78 Å².